The number of phenolic OH excluding ortho intramolecular Hbond substituents is 1. The molecule has 5 nitrogen and oxygen atoms in total. The molecule has 2 aliphatic rings. The van der Waals surface area contributed by atoms with Gasteiger partial charge in [0.25, 0.3) is 0 Å². The van der Waals surface area contributed by atoms with Crippen LogP contribution in [0.25, 0.3) is 0 Å². The van der Waals surface area contributed by atoms with E-state index in [0.29, 0.717) is 31.2 Å². The zero-order chi connectivity index (χ0) is 14.3. The molecule has 0 aromatic heterocycles. The Morgan fingerprint density at radius 3 is 2.75 bits per heavy atom. The molecule has 1 fully saturated rings. The zero-order valence-corrected chi connectivity index (χ0v) is 10.9. The molecule has 2 unspecified atom stereocenters. The van der Waals surface area contributed by atoms with E-state index < -0.39 is 0 Å². The highest BCUT2D eigenvalue weighted by Crippen LogP contribution is 2.34. The van der Waals surface area contributed by atoms with Gasteiger partial charge in [0.05, 0.1) is 0 Å². The number of carbonyl (C=O) groups excluding carboxylic acids is 3. The van der Waals surface area contributed by atoms with Gasteiger partial charge >= 0.3 is 0 Å². The highest BCUT2D eigenvalue weighted by molar-refractivity contribution is 6.03. The molecule has 20 heavy (non-hydrogen) atoms. The molecule has 1 heterocycles. The second-order valence-corrected chi connectivity index (χ2v) is 5.49. The third-order valence-electron chi connectivity index (χ3n) is 4.11. The molecular weight excluding hydrogens is 258 g/mol. The van der Waals surface area contributed by atoms with E-state index in [-0.39, 0.29) is 35.2 Å². The predicted molar refractivity (Wildman–Crippen MR) is 70.1 cm³/mol. The summed E-state index contributed by atoms with van der Waals surface area (Å²) < 4.78 is 0. The van der Waals surface area contributed by atoms with Gasteiger partial charge in [-0.2, -0.15) is 0 Å². The molecule has 1 aromatic carbocycles. The highest BCUT2D eigenvalue weighted by Gasteiger charge is 2.36. The number of nitrogens with one attached hydrogen (secondary N) is 1. The number of hydrogen-bond donors (Lipinski definition) is 2. The maximum Gasteiger partial charge on any atom is 0.229 e. The van der Waals surface area contributed by atoms with Crippen molar-refractivity contribution in [3.8, 4) is 5.75 Å². The first kappa shape index (κ1) is 12.8. The number of phenols is 1. The number of aromatic hydroxyl groups is 1. The Morgan fingerprint density at radius 1 is 1.20 bits per heavy atom. The second kappa shape index (κ2) is 4.74. The van der Waals surface area contributed by atoms with Crippen molar-refractivity contribution in [3.63, 3.8) is 0 Å². The van der Waals surface area contributed by atoms with E-state index in [4.69, 9.17) is 0 Å². The van der Waals surface area contributed by atoms with Gasteiger partial charge in [0.1, 0.15) is 5.75 Å². The first-order chi connectivity index (χ1) is 9.54. The van der Waals surface area contributed by atoms with Crippen LogP contribution in [-0.4, -0.2) is 22.7 Å². The fourth-order valence-corrected chi connectivity index (χ4v) is 3.06. The number of rotatable bonds is 2. The molecule has 0 saturated carbocycles. The molecule has 1 saturated heterocycles. The summed E-state index contributed by atoms with van der Waals surface area (Å²) in [6.07, 6.45) is 1.87. The van der Waals surface area contributed by atoms with E-state index in [1.165, 1.54) is 6.07 Å². The molecule has 104 valence electrons. The Labute approximate surface area is 116 Å². The number of fused-ring (bicyclic) bond motifs is 1. The second-order valence-electron chi connectivity index (χ2n) is 5.49. The van der Waals surface area contributed by atoms with Crippen molar-refractivity contribution < 1.29 is 19.5 Å². The molecule has 2 amide bonds. The van der Waals surface area contributed by atoms with Crippen molar-refractivity contribution in [2.24, 2.45) is 11.8 Å². The lowest BCUT2D eigenvalue weighted by molar-refractivity contribution is -0.136. The number of hydrogen-bond acceptors (Lipinski definition) is 4. The molecule has 1 aromatic rings. The van der Waals surface area contributed by atoms with Crippen LogP contribution in [0.15, 0.2) is 18.2 Å². The van der Waals surface area contributed by atoms with E-state index >= 15 is 0 Å². The van der Waals surface area contributed by atoms with Crippen LogP contribution < -0.4 is 5.32 Å². The van der Waals surface area contributed by atoms with Crippen molar-refractivity contribution in [2.75, 3.05) is 0 Å². The van der Waals surface area contributed by atoms with Gasteiger partial charge in [-0.15, -0.1) is 0 Å². The third kappa shape index (κ3) is 2.19. The normalized spacial score (nSPS) is 25.5. The average Bonchev–Trinajstić information content (AvgIpc) is 2.69. The Kier molecular flexibility index (Phi) is 3.04. The van der Waals surface area contributed by atoms with Gasteiger partial charge in [0.2, 0.25) is 11.8 Å². The smallest absolute Gasteiger partial charge is 0.229 e. The van der Waals surface area contributed by atoms with Crippen LogP contribution in [-0.2, 0) is 16.0 Å². The Balaban J connectivity index is 1.73. The minimum absolute atomic E-state index is 0.0321. The third-order valence-corrected chi connectivity index (χ3v) is 4.11. The van der Waals surface area contributed by atoms with E-state index in [2.05, 4.69) is 5.32 Å². The molecule has 3 rings (SSSR count). The summed E-state index contributed by atoms with van der Waals surface area (Å²) >= 11 is 0. The zero-order valence-electron chi connectivity index (χ0n) is 10.9. The number of piperidine rings is 1. The summed E-state index contributed by atoms with van der Waals surface area (Å²) in [6, 6.07) is 4.75. The van der Waals surface area contributed by atoms with Gasteiger partial charge in [0.15, 0.2) is 5.78 Å². The largest absolute Gasteiger partial charge is 0.508 e. The maximum absolute atomic E-state index is 12.3. The van der Waals surface area contributed by atoms with Gasteiger partial charge < -0.3 is 5.11 Å². The summed E-state index contributed by atoms with van der Waals surface area (Å²) in [5, 5.41) is 11.8. The summed E-state index contributed by atoms with van der Waals surface area (Å²) in [4.78, 5) is 35.1. The fourth-order valence-electron chi connectivity index (χ4n) is 3.06. The van der Waals surface area contributed by atoms with Crippen molar-refractivity contribution in [1.82, 2.24) is 5.32 Å². The molecule has 5 heteroatoms. The summed E-state index contributed by atoms with van der Waals surface area (Å²) in [7, 11) is 0. The topological polar surface area (TPSA) is 83.5 Å². The summed E-state index contributed by atoms with van der Waals surface area (Å²) in [5.74, 6) is -0.826. The summed E-state index contributed by atoms with van der Waals surface area (Å²) in [5.41, 5.74) is 1.48. The van der Waals surface area contributed by atoms with E-state index in [0.717, 1.165) is 5.56 Å². The van der Waals surface area contributed by atoms with Gasteiger partial charge in [-0.1, -0.05) is 0 Å². The van der Waals surface area contributed by atoms with Crippen LogP contribution in [0.5, 0.6) is 5.75 Å². The SMILES string of the molecule is O=C1CCC(CC2Cc3cc(O)ccc3C2=O)C(=O)N1. The van der Waals surface area contributed by atoms with E-state index in [1.807, 2.05) is 0 Å². The van der Waals surface area contributed by atoms with Gasteiger partial charge in [0, 0.05) is 23.8 Å². The molecule has 0 spiro atoms. The molecule has 0 radical (unpaired) electrons. The Hall–Kier alpha value is -2.17. The van der Waals surface area contributed by atoms with E-state index in [9.17, 15) is 19.5 Å². The Morgan fingerprint density at radius 2 is 2.00 bits per heavy atom. The molecule has 2 N–H and O–H groups in total. The standard InChI is InChI=1S/C15H15NO4/c17-11-2-3-12-9(7-11)6-10(14(12)19)5-8-1-4-13(18)16-15(8)20/h2-3,7-8,10,17H,1,4-6H2,(H,16,18,20). The number of imide groups is 1. The minimum atomic E-state index is -0.274. The molecule has 2 atom stereocenters. The maximum atomic E-state index is 12.3. The number of Topliss-reactive ketones (excluding diaryl/α,β-unsaturated/α-hetero) is 1. The quantitative estimate of drug-likeness (QED) is 0.793. The van der Waals surface area contributed by atoms with E-state index in [1.54, 1.807) is 12.1 Å². The minimum Gasteiger partial charge on any atom is -0.508 e. The van der Waals surface area contributed by atoms with Crippen molar-refractivity contribution in [3.05, 3.63) is 29.3 Å². The molecule has 1 aliphatic heterocycles. The van der Waals surface area contributed by atoms with Gasteiger partial charge in [-0.25, -0.2) is 0 Å². The predicted octanol–water partition coefficient (Wildman–Crippen LogP) is 1.19. The van der Waals surface area contributed by atoms with Crippen LogP contribution in [0.2, 0.25) is 0 Å². The monoisotopic (exact) mass is 273 g/mol. The Bertz CT molecular complexity index is 608. The number of carbonyl (C=O) groups is 3. The molecular formula is C15H15NO4. The van der Waals surface area contributed by atoms with Crippen molar-refractivity contribution in [2.45, 2.75) is 25.7 Å². The first-order valence-electron chi connectivity index (χ1n) is 6.74. The van der Waals surface area contributed by atoms with Crippen molar-refractivity contribution >= 4 is 17.6 Å². The van der Waals surface area contributed by atoms with Crippen LogP contribution in [0, 0.1) is 11.8 Å². The van der Waals surface area contributed by atoms with Crippen molar-refractivity contribution in [1.29, 1.82) is 0 Å². The lowest BCUT2D eigenvalue weighted by atomic mass is 9.86. The molecule has 1 aliphatic carbocycles. The fraction of sp³-hybridized carbons (Fsp3) is 0.400. The van der Waals surface area contributed by atoms with Gasteiger partial charge in [-0.3, -0.25) is 19.7 Å². The van der Waals surface area contributed by atoms with Crippen LogP contribution in [0.4, 0.5) is 0 Å². The first-order valence-corrected chi connectivity index (χ1v) is 6.74. The van der Waals surface area contributed by atoms with Crippen LogP contribution in [0.3, 0.4) is 0 Å². The number of amides is 2. The lowest BCUT2D eigenvalue weighted by Crippen LogP contribution is -2.41. The average molecular weight is 273 g/mol. The van der Waals surface area contributed by atoms with Crippen LogP contribution in [0.1, 0.15) is 35.2 Å². The summed E-state index contributed by atoms with van der Waals surface area (Å²) in [6.45, 7) is 0. The molecule has 0 bridgehead atoms. The van der Waals surface area contributed by atoms with Gasteiger partial charge in [-0.05, 0) is 43.0 Å². The number of ketones is 1. The van der Waals surface area contributed by atoms with Crippen LogP contribution >= 0.6 is 0 Å². The number of benzene rings is 1. The highest BCUT2D eigenvalue weighted by atomic mass is 16.3. The lowest BCUT2D eigenvalue weighted by Gasteiger charge is -2.22.